The van der Waals surface area contributed by atoms with Gasteiger partial charge in [-0.15, -0.1) is 0 Å². The van der Waals surface area contributed by atoms with E-state index in [1.165, 1.54) is 12.1 Å². The van der Waals surface area contributed by atoms with Gasteiger partial charge >= 0.3 is 6.18 Å². The number of fused-ring (bicyclic) bond motifs is 1. The summed E-state index contributed by atoms with van der Waals surface area (Å²) in [4.78, 5) is 13.2. The minimum absolute atomic E-state index is 0.537. The Balaban J connectivity index is 1.47. The monoisotopic (exact) mass is 396 g/mol. The summed E-state index contributed by atoms with van der Waals surface area (Å²) in [5, 5.41) is 0.537. The maximum atomic E-state index is 12.9. The number of benzene rings is 1. The minimum Gasteiger partial charge on any atom is -0.368 e. The molecule has 0 spiro atoms. The highest BCUT2D eigenvalue weighted by Gasteiger charge is 2.31. The molecule has 0 amide bonds. The number of nitrogens with zero attached hydrogens (tertiary/aromatic N) is 4. The Morgan fingerprint density at radius 2 is 1.63 bits per heavy atom. The number of aromatic nitrogens is 2. The number of anilines is 2. The first-order valence-electron chi connectivity index (χ1n) is 9.14. The van der Waals surface area contributed by atoms with E-state index in [0.717, 1.165) is 43.0 Å². The van der Waals surface area contributed by atoms with Crippen molar-refractivity contribution in [3.8, 4) is 0 Å². The van der Waals surface area contributed by atoms with Crippen LogP contribution >= 0.6 is 11.6 Å². The molecule has 1 aliphatic heterocycles. The molecule has 1 aromatic heterocycles. The van der Waals surface area contributed by atoms with Crippen molar-refractivity contribution in [1.29, 1.82) is 0 Å². The summed E-state index contributed by atoms with van der Waals surface area (Å²) < 4.78 is 38.8. The third-order valence-electron chi connectivity index (χ3n) is 5.22. The van der Waals surface area contributed by atoms with Crippen LogP contribution in [0.1, 0.15) is 29.7 Å². The van der Waals surface area contributed by atoms with Gasteiger partial charge in [-0.05, 0) is 43.9 Å². The van der Waals surface area contributed by atoms with Gasteiger partial charge in [0.25, 0.3) is 0 Å². The normalized spacial score (nSPS) is 17.8. The first-order valence-corrected chi connectivity index (χ1v) is 9.52. The molecule has 0 unspecified atom stereocenters. The molecule has 144 valence electrons. The molecule has 4 rings (SSSR count). The summed E-state index contributed by atoms with van der Waals surface area (Å²) in [5.74, 6) is 0.629. The lowest BCUT2D eigenvalue weighted by Gasteiger charge is -2.36. The summed E-state index contributed by atoms with van der Waals surface area (Å²) >= 11 is 6.36. The molecular formula is C19H20ClF3N4. The molecule has 4 nitrogen and oxygen atoms in total. The Kier molecular flexibility index (Phi) is 4.88. The summed E-state index contributed by atoms with van der Waals surface area (Å²) in [5.41, 5.74) is 2.08. The molecule has 2 aromatic rings. The van der Waals surface area contributed by atoms with Gasteiger partial charge < -0.3 is 9.80 Å². The first-order chi connectivity index (χ1) is 12.9. The fourth-order valence-corrected chi connectivity index (χ4v) is 4.00. The van der Waals surface area contributed by atoms with Crippen LogP contribution in [-0.4, -0.2) is 36.1 Å². The number of hydrogen-bond acceptors (Lipinski definition) is 4. The van der Waals surface area contributed by atoms with Crippen molar-refractivity contribution in [1.82, 2.24) is 9.97 Å². The van der Waals surface area contributed by atoms with E-state index in [2.05, 4.69) is 9.88 Å². The fraction of sp³-hybridized carbons (Fsp3) is 0.474. The number of piperazine rings is 1. The van der Waals surface area contributed by atoms with Gasteiger partial charge in [0.15, 0.2) is 0 Å². The predicted octanol–water partition coefficient (Wildman–Crippen LogP) is 4.35. The van der Waals surface area contributed by atoms with Crippen LogP contribution in [0.2, 0.25) is 5.15 Å². The van der Waals surface area contributed by atoms with E-state index in [9.17, 15) is 13.2 Å². The van der Waals surface area contributed by atoms with Crippen molar-refractivity contribution in [3.05, 3.63) is 46.2 Å². The van der Waals surface area contributed by atoms with E-state index < -0.39 is 11.7 Å². The molecule has 8 heteroatoms. The minimum atomic E-state index is -4.33. The third-order valence-corrected chi connectivity index (χ3v) is 5.53. The lowest BCUT2D eigenvalue weighted by Crippen LogP contribution is -2.47. The zero-order valence-corrected chi connectivity index (χ0v) is 15.5. The van der Waals surface area contributed by atoms with Crippen LogP contribution < -0.4 is 9.80 Å². The quantitative estimate of drug-likeness (QED) is 0.706. The van der Waals surface area contributed by atoms with Gasteiger partial charge in [-0.3, -0.25) is 0 Å². The van der Waals surface area contributed by atoms with Gasteiger partial charge in [0.1, 0.15) is 5.15 Å². The smallest absolute Gasteiger partial charge is 0.368 e. The second kappa shape index (κ2) is 7.19. The van der Waals surface area contributed by atoms with E-state index in [-0.39, 0.29) is 0 Å². The topological polar surface area (TPSA) is 32.3 Å². The molecule has 1 aromatic carbocycles. The van der Waals surface area contributed by atoms with Crippen LogP contribution in [0.4, 0.5) is 24.8 Å². The molecule has 1 aliphatic carbocycles. The molecule has 0 N–H and O–H groups in total. The lowest BCUT2D eigenvalue weighted by molar-refractivity contribution is -0.137. The van der Waals surface area contributed by atoms with Crippen molar-refractivity contribution in [3.63, 3.8) is 0 Å². The molecule has 1 fully saturated rings. The van der Waals surface area contributed by atoms with Gasteiger partial charge in [0.05, 0.1) is 11.3 Å². The SMILES string of the molecule is FC(F)(F)c1cccc(N2CCN(c3nc(Cl)c4c(n3)CCCC4)CC2)c1. The van der Waals surface area contributed by atoms with Crippen LogP contribution in [0.25, 0.3) is 0 Å². The number of halogens is 4. The highest BCUT2D eigenvalue weighted by Crippen LogP contribution is 2.32. The zero-order chi connectivity index (χ0) is 19.0. The van der Waals surface area contributed by atoms with E-state index in [4.69, 9.17) is 16.6 Å². The molecule has 27 heavy (non-hydrogen) atoms. The van der Waals surface area contributed by atoms with Crippen molar-refractivity contribution in [2.75, 3.05) is 36.0 Å². The molecule has 0 bridgehead atoms. The van der Waals surface area contributed by atoms with Gasteiger partial charge in [0.2, 0.25) is 5.95 Å². The van der Waals surface area contributed by atoms with Crippen LogP contribution in [-0.2, 0) is 19.0 Å². The summed E-state index contributed by atoms with van der Waals surface area (Å²) in [7, 11) is 0. The van der Waals surface area contributed by atoms with Crippen LogP contribution in [0.5, 0.6) is 0 Å². The molecular weight excluding hydrogens is 377 g/mol. The molecule has 0 atom stereocenters. The maximum absolute atomic E-state index is 12.9. The Bertz CT molecular complexity index is 832. The van der Waals surface area contributed by atoms with Crippen LogP contribution in [0.3, 0.4) is 0 Å². The highest BCUT2D eigenvalue weighted by molar-refractivity contribution is 6.30. The van der Waals surface area contributed by atoms with Crippen molar-refractivity contribution >= 4 is 23.2 Å². The third kappa shape index (κ3) is 3.83. The number of alkyl halides is 3. The Labute approximate surface area is 161 Å². The maximum Gasteiger partial charge on any atom is 0.416 e. The molecule has 0 radical (unpaired) electrons. The van der Waals surface area contributed by atoms with E-state index in [1.54, 1.807) is 6.07 Å². The van der Waals surface area contributed by atoms with Gasteiger partial charge in [-0.25, -0.2) is 9.97 Å². The van der Waals surface area contributed by atoms with E-state index >= 15 is 0 Å². The fourth-order valence-electron chi connectivity index (χ4n) is 3.72. The molecule has 0 saturated carbocycles. The van der Waals surface area contributed by atoms with E-state index in [0.29, 0.717) is 43.0 Å². The number of rotatable bonds is 2. The van der Waals surface area contributed by atoms with Gasteiger partial charge in [-0.2, -0.15) is 13.2 Å². The van der Waals surface area contributed by atoms with Crippen molar-refractivity contribution in [2.24, 2.45) is 0 Å². The van der Waals surface area contributed by atoms with Crippen LogP contribution in [0.15, 0.2) is 24.3 Å². The Hall–Kier alpha value is -2.02. The molecule has 1 saturated heterocycles. The van der Waals surface area contributed by atoms with Gasteiger partial charge in [-0.1, -0.05) is 17.7 Å². The lowest BCUT2D eigenvalue weighted by atomic mass is 9.97. The average molecular weight is 397 g/mol. The standard InChI is InChI=1S/C19H20ClF3N4/c20-17-15-6-1-2-7-16(15)24-18(25-17)27-10-8-26(9-11-27)14-5-3-4-13(12-14)19(21,22)23/h3-5,12H,1-2,6-11H2. The van der Waals surface area contributed by atoms with Crippen LogP contribution in [0, 0.1) is 0 Å². The van der Waals surface area contributed by atoms with Crippen molar-refractivity contribution < 1.29 is 13.2 Å². The van der Waals surface area contributed by atoms with Gasteiger partial charge in [0, 0.05) is 37.4 Å². The summed E-state index contributed by atoms with van der Waals surface area (Å²) in [6, 6.07) is 5.48. The second-order valence-corrected chi connectivity index (χ2v) is 7.33. The zero-order valence-electron chi connectivity index (χ0n) is 14.8. The van der Waals surface area contributed by atoms with Crippen molar-refractivity contribution in [2.45, 2.75) is 31.9 Å². The molecule has 2 heterocycles. The molecule has 2 aliphatic rings. The first kappa shape index (κ1) is 18.3. The predicted molar refractivity (Wildman–Crippen MR) is 99.6 cm³/mol. The average Bonchev–Trinajstić information content (AvgIpc) is 2.67. The number of hydrogen-bond donors (Lipinski definition) is 0. The summed E-state index contributed by atoms with van der Waals surface area (Å²) in [6.45, 7) is 2.51. The number of aryl methyl sites for hydroxylation is 1. The Morgan fingerprint density at radius 3 is 2.37 bits per heavy atom. The van der Waals surface area contributed by atoms with E-state index in [1.807, 2.05) is 4.90 Å². The summed E-state index contributed by atoms with van der Waals surface area (Å²) in [6.07, 6.45) is -0.244. The Morgan fingerprint density at radius 1 is 0.926 bits per heavy atom. The highest BCUT2D eigenvalue weighted by atomic mass is 35.5. The largest absolute Gasteiger partial charge is 0.416 e. The second-order valence-electron chi connectivity index (χ2n) is 6.97.